The van der Waals surface area contributed by atoms with Crippen molar-refractivity contribution in [3.8, 4) is 0 Å². The first-order valence-electron chi connectivity index (χ1n) is 5.67. The highest BCUT2D eigenvalue weighted by Crippen LogP contribution is 2.25. The third-order valence-electron chi connectivity index (χ3n) is 3.06. The number of nitrogens with two attached hydrogens (primary N) is 1. The van der Waals surface area contributed by atoms with Crippen LogP contribution in [0.15, 0.2) is 46.9 Å². The molecule has 0 amide bonds. The molecule has 0 radical (unpaired) electrons. The summed E-state index contributed by atoms with van der Waals surface area (Å²) in [7, 11) is 0. The summed E-state index contributed by atoms with van der Waals surface area (Å²) in [5.41, 5.74) is 11.1. The van der Waals surface area contributed by atoms with Crippen molar-refractivity contribution in [2.24, 2.45) is 5.73 Å². The van der Waals surface area contributed by atoms with E-state index in [0.717, 1.165) is 10.0 Å². The predicted octanol–water partition coefficient (Wildman–Crippen LogP) is 4.11. The highest BCUT2D eigenvalue weighted by Gasteiger charge is 2.11. The molecule has 17 heavy (non-hydrogen) atoms. The third-order valence-corrected chi connectivity index (χ3v) is 3.95. The maximum atomic E-state index is 6.32. The van der Waals surface area contributed by atoms with Crippen molar-refractivity contribution in [1.29, 1.82) is 0 Å². The van der Waals surface area contributed by atoms with Crippen LogP contribution in [0.4, 0.5) is 0 Å². The molecular weight excluding hydrogens is 274 g/mol. The van der Waals surface area contributed by atoms with E-state index in [9.17, 15) is 0 Å². The van der Waals surface area contributed by atoms with Crippen LogP contribution in [0.5, 0.6) is 0 Å². The Balaban J connectivity index is 2.40. The summed E-state index contributed by atoms with van der Waals surface area (Å²) >= 11 is 3.51. The standard InChI is InChI=1S/C15H16BrN/c1-10-5-3-4-6-13(10)15(17)12-7-8-14(16)11(2)9-12/h3-9,15H,17H2,1-2H3. The fourth-order valence-corrected chi connectivity index (χ4v) is 2.22. The minimum atomic E-state index is -0.0528. The Morgan fingerprint density at radius 3 is 2.35 bits per heavy atom. The fraction of sp³-hybridized carbons (Fsp3) is 0.200. The average molecular weight is 290 g/mol. The fourth-order valence-electron chi connectivity index (χ4n) is 1.98. The second-order valence-electron chi connectivity index (χ2n) is 4.34. The van der Waals surface area contributed by atoms with Crippen LogP contribution in [0, 0.1) is 13.8 Å². The van der Waals surface area contributed by atoms with Crippen molar-refractivity contribution in [1.82, 2.24) is 0 Å². The van der Waals surface area contributed by atoms with Crippen LogP contribution < -0.4 is 5.73 Å². The van der Waals surface area contributed by atoms with E-state index in [1.807, 2.05) is 12.1 Å². The van der Waals surface area contributed by atoms with Crippen LogP contribution in [0.1, 0.15) is 28.3 Å². The zero-order chi connectivity index (χ0) is 12.4. The maximum Gasteiger partial charge on any atom is 0.0554 e. The molecular formula is C15H16BrN. The molecule has 0 bridgehead atoms. The molecule has 2 aromatic rings. The number of aryl methyl sites for hydroxylation is 2. The van der Waals surface area contributed by atoms with Crippen LogP contribution in [0.2, 0.25) is 0 Å². The molecule has 2 rings (SSSR count). The molecule has 1 nitrogen and oxygen atoms in total. The molecule has 0 saturated carbocycles. The second kappa shape index (κ2) is 5.03. The van der Waals surface area contributed by atoms with Gasteiger partial charge in [0.25, 0.3) is 0 Å². The first-order chi connectivity index (χ1) is 8.09. The van der Waals surface area contributed by atoms with Gasteiger partial charge in [-0.2, -0.15) is 0 Å². The minimum Gasteiger partial charge on any atom is -0.320 e. The lowest BCUT2D eigenvalue weighted by molar-refractivity contribution is 0.859. The first-order valence-corrected chi connectivity index (χ1v) is 6.46. The van der Waals surface area contributed by atoms with Gasteiger partial charge in [-0.05, 0) is 42.2 Å². The van der Waals surface area contributed by atoms with Crippen LogP contribution in [0.25, 0.3) is 0 Å². The van der Waals surface area contributed by atoms with Gasteiger partial charge in [-0.25, -0.2) is 0 Å². The van der Waals surface area contributed by atoms with Crippen molar-refractivity contribution in [2.45, 2.75) is 19.9 Å². The molecule has 88 valence electrons. The zero-order valence-electron chi connectivity index (χ0n) is 10.1. The van der Waals surface area contributed by atoms with E-state index in [4.69, 9.17) is 5.73 Å². The van der Waals surface area contributed by atoms with E-state index >= 15 is 0 Å². The van der Waals surface area contributed by atoms with Gasteiger partial charge in [0.1, 0.15) is 0 Å². The van der Waals surface area contributed by atoms with E-state index in [2.05, 4.69) is 60.1 Å². The monoisotopic (exact) mass is 289 g/mol. The van der Waals surface area contributed by atoms with Crippen molar-refractivity contribution in [3.63, 3.8) is 0 Å². The van der Waals surface area contributed by atoms with Crippen molar-refractivity contribution >= 4 is 15.9 Å². The Morgan fingerprint density at radius 1 is 1.00 bits per heavy atom. The normalized spacial score (nSPS) is 12.5. The molecule has 2 heteroatoms. The number of hydrogen-bond donors (Lipinski definition) is 1. The summed E-state index contributed by atoms with van der Waals surface area (Å²) in [6.07, 6.45) is 0. The quantitative estimate of drug-likeness (QED) is 0.884. The summed E-state index contributed by atoms with van der Waals surface area (Å²) < 4.78 is 1.12. The van der Waals surface area contributed by atoms with Crippen LogP contribution >= 0.6 is 15.9 Å². The summed E-state index contributed by atoms with van der Waals surface area (Å²) in [4.78, 5) is 0. The number of hydrogen-bond acceptors (Lipinski definition) is 1. The highest BCUT2D eigenvalue weighted by atomic mass is 79.9. The predicted molar refractivity (Wildman–Crippen MR) is 76.1 cm³/mol. The number of benzene rings is 2. The molecule has 2 aromatic carbocycles. The molecule has 0 aromatic heterocycles. The Labute approximate surface area is 111 Å². The maximum absolute atomic E-state index is 6.32. The van der Waals surface area contributed by atoms with Gasteiger partial charge >= 0.3 is 0 Å². The van der Waals surface area contributed by atoms with Gasteiger partial charge in [-0.3, -0.25) is 0 Å². The molecule has 0 heterocycles. The molecule has 0 fully saturated rings. The minimum absolute atomic E-state index is 0.0528. The summed E-state index contributed by atoms with van der Waals surface area (Å²) in [6.45, 7) is 4.18. The lowest BCUT2D eigenvalue weighted by atomic mass is 9.95. The lowest BCUT2D eigenvalue weighted by Gasteiger charge is -2.16. The van der Waals surface area contributed by atoms with Crippen LogP contribution in [-0.4, -0.2) is 0 Å². The summed E-state index contributed by atoms with van der Waals surface area (Å²) in [5, 5.41) is 0. The highest BCUT2D eigenvalue weighted by molar-refractivity contribution is 9.10. The zero-order valence-corrected chi connectivity index (χ0v) is 11.7. The first kappa shape index (κ1) is 12.3. The Hall–Kier alpha value is -1.12. The van der Waals surface area contributed by atoms with Crippen LogP contribution in [-0.2, 0) is 0 Å². The lowest BCUT2D eigenvalue weighted by Crippen LogP contribution is -2.13. The molecule has 0 aliphatic carbocycles. The van der Waals surface area contributed by atoms with E-state index in [1.165, 1.54) is 16.7 Å². The topological polar surface area (TPSA) is 26.0 Å². The van der Waals surface area contributed by atoms with Gasteiger partial charge in [-0.1, -0.05) is 52.3 Å². The second-order valence-corrected chi connectivity index (χ2v) is 5.20. The van der Waals surface area contributed by atoms with E-state index in [0.29, 0.717) is 0 Å². The Kier molecular flexibility index (Phi) is 3.65. The molecule has 0 aliphatic heterocycles. The van der Waals surface area contributed by atoms with Crippen LogP contribution in [0.3, 0.4) is 0 Å². The van der Waals surface area contributed by atoms with E-state index in [-0.39, 0.29) is 6.04 Å². The van der Waals surface area contributed by atoms with E-state index in [1.54, 1.807) is 0 Å². The number of halogens is 1. The third kappa shape index (κ3) is 2.59. The summed E-state index contributed by atoms with van der Waals surface area (Å²) in [6, 6.07) is 14.5. The smallest absolute Gasteiger partial charge is 0.0554 e. The van der Waals surface area contributed by atoms with Gasteiger partial charge in [0.15, 0.2) is 0 Å². The molecule has 0 aliphatic rings. The molecule has 2 N–H and O–H groups in total. The summed E-state index contributed by atoms with van der Waals surface area (Å²) in [5.74, 6) is 0. The molecule has 0 spiro atoms. The van der Waals surface area contributed by atoms with Gasteiger partial charge in [0, 0.05) is 4.47 Å². The average Bonchev–Trinajstić information content (AvgIpc) is 2.32. The van der Waals surface area contributed by atoms with Gasteiger partial charge in [0.05, 0.1) is 6.04 Å². The Morgan fingerprint density at radius 2 is 1.71 bits per heavy atom. The van der Waals surface area contributed by atoms with Crippen molar-refractivity contribution in [2.75, 3.05) is 0 Å². The van der Waals surface area contributed by atoms with Crippen molar-refractivity contribution < 1.29 is 0 Å². The van der Waals surface area contributed by atoms with Gasteiger partial charge in [0.2, 0.25) is 0 Å². The largest absolute Gasteiger partial charge is 0.320 e. The van der Waals surface area contributed by atoms with Crippen molar-refractivity contribution in [3.05, 3.63) is 69.2 Å². The number of rotatable bonds is 2. The molecule has 1 atom stereocenters. The van der Waals surface area contributed by atoms with Gasteiger partial charge < -0.3 is 5.73 Å². The SMILES string of the molecule is Cc1cc(C(N)c2ccccc2C)ccc1Br. The molecule has 1 unspecified atom stereocenters. The Bertz CT molecular complexity index is 534. The van der Waals surface area contributed by atoms with E-state index < -0.39 is 0 Å². The van der Waals surface area contributed by atoms with Gasteiger partial charge in [-0.15, -0.1) is 0 Å². The molecule has 0 saturated heterocycles.